The third-order valence-electron chi connectivity index (χ3n) is 7.56. The first kappa shape index (κ1) is 24.7. The number of piperazine rings is 1. The summed E-state index contributed by atoms with van der Waals surface area (Å²) in [6.07, 6.45) is 3.21. The topological polar surface area (TPSA) is 114 Å². The van der Waals surface area contributed by atoms with Gasteiger partial charge in [-0.2, -0.15) is 9.50 Å². The van der Waals surface area contributed by atoms with Crippen LogP contribution in [0.25, 0.3) is 33.4 Å². The maximum atomic E-state index is 13.8. The first-order valence-corrected chi connectivity index (χ1v) is 13.5. The lowest BCUT2D eigenvalue weighted by molar-refractivity contribution is -0.129. The van der Waals surface area contributed by atoms with Crippen molar-refractivity contribution in [1.82, 2.24) is 34.0 Å². The number of nitrogens with zero attached hydrogens (tertiary/aromatic N) is 8. The molecule has 1 aliphatic heterocycles. The van der Waals surface area contributed by atoms with Crippen molar-refractivity contribution in [3.05, 3.63) is 89.0 Å². The minimum absolute atomic E-state index is 0.119. The van der Waals surface area contributed by atoms with Crippen molar-refractivity contribution in [2.45, 2.75) is 13.8 Å². The summed E-state index contributed by atoms with van der Waals surface area (Å²) in [5.41, 5.74) is 4.43. The molecule has 41 heavy (non-hydrogen) atoms. The smallest absolute Gasteiger partial charge is 0.284 e. The zero-order chi connectivity index (χ0) is 28.1. The third-order valence-corrected chi connectivity index (χ3v) is 7.56. The number of benzene rings is 2. The normalized spacial score (nSPS) is 13.8. The molecule has 0 unspecified atom stereocenters. The van der Waals surface area contributed by atoms with E-state index >= 15 is 0 Å². The highest BCUT2D eigenvalue weighted by molar-refractivity contribution is 5.95. The molecule has 4 aromatic heterocycles. The van der Waals surface area contributed by atoms with Crippen molar-refractivity contribution in [1.29, 1.82) is 0 Å². The first-order valence-electron chi connectivity index (χ1n) is 13.5. The van der Waals surface area contributed by atoms with Gasteiger partial charge in [0.1, 0.15) is 5.39 Å². The Bertz CT molecular complexity index is 2010. The molecule has 0 aliphatic carbocycles. The van der Waals surface area contributed by atoms with Crippen molar-refractivity contribution >= 4 is 50.8 Å². The van der Waals surface area contributed by atoms with Gasteiger partial charge in [-0.05, 0) is 55.0 Å². The number of hydrogen-bond acceptors (Lipinski definition) is 8. The molecule has 5 heterocycles. The summed E-state index contributed by atoms with van der Waals surface area (Å²) in [6.45, 7) is 6.73. The summed E-state index contributed by atoms with van der Waals surface area (Å²) in [6, 6.07) is 19.4. The molecule has 204 valence electrons. The predicted octanol–water partition coefficient (Wildman–Crippen LogP) is 3.70. The lowest BCUT2D eigenvalue weighted by Gasteiger charge is -2.36. The van der Waals surface area contributed by atoms with Gasteiger partial charge in [0.25, 0.3) is 5.56 Å². The number of carbonyl (C=O) groups is 1. The standard InChI is InChI=1S/C30H27N9O2/c1-19-17-21(10-11-24(19)37-15-13-36(14-16-37)20(2)40)33-30-32-18-23-27(35-30)34-28-22-7-3-4-8-25(22)38(39(28)29(23)41)26-9-5-6-12-31-26/h3-12,17-18H,13-16H2,1-2H3,(H,32,33,35). The lowest BCUT2D eigenvalue weighted by atomic mass is 10.1. The average Bonchev–Trinajstić information content (AvgIpc) is 3.32. The number of para-hydroxylation sites is 1. The SMILES string of the molecule is CC(=O)N1CCN(c2ccc(Nc3ncc4c(=O)n5c(nc4n3)c3ccccc3n5-c3ccccn3)cc2C)CC1. The Hall–Kier alpha value is -5.32. The van der Waals surface area contributed by atoms with Crippen LogP contribution in [0.15, 0.2) is 77.9 Å². The summed E-state index contributed by atoms with van der Waals surface area (Å²) in [5.74, 6) is 1.08. The first-order chi connectivity index (χ1) is 20.0. The highest BCUT2D eigenvalue weighted by Crippen LogP contribution is 2.27. The quantitative estimate of drug-likeness (QED) is 0.357. The molecule has 11 nitrogen and oxygen atoms in total. The Labute approximate surface area is 234 Å². The van der Waals surface area contributed by atoms with E-state index in [1.807, 2.05) is 59.5 Å². The van der Waals surface area contributed by atoms with Gasteiger partial charge in [-0.1, -0.05) is 18.2 Å². The average molecular weight is 546 g/mol. The summed E-state index contributed by atoms with van der Waals surface area (Å²) in [7, 11) is 0. The maximum Gasteiger partial charge on any atom is 0.284 e. The van der Waals surface area contributed by atoms with Crippen molar-refractivity contribution in [2.75, 3.05) is 36.4 Å². The van der Waals surface area contributed by atoms with Gasteiger partial charge in [-0.3, -0.25) is 9.59 Å². The largest absolute Gasteiger partial charge is 0.368 e. The number of fused-ring (bicyclic) bond motifs is 4. The van der Waals surface area contributed by atoms with Gasteiger partial charge in [-0.25, -0.2) is 19.6 Å². The number of nitrogens with one attached hydrogen (secondary N) is 1. The lowest BCUT2D eigenvalue weighted by Crippen LogP contribution is -2.48. The Morgan fingerprint density at radius 3 is 2.46 bits per heavy atom. The van der Waals surface area contributed by atoms with Gasteiger partial charge < -0.3 is 15.1 Å². The molecule has 2 aromatic carbocycles. The molecular formula is C30H27N9O2. The maximum absolute atomic E-state index is 13.8. The summed E-state index contributed by atoms with van der Waals surface area (Å²) in [4.78, 5) is 48.0. The van der Waals surface area contributed by atoms with E-state index in [1.54, 1.807) is 17.8 Å². The number of carbonyl (C=O) groups excluding carboxylic acids is 1. The number of hydrogen-bond donors (Lipinski definition) is 1. The van der Waals surface area contributed by atoms with Crippen LogP contribution >= 0.6 is 0 Å². The van der Waals surface area contributed by atoms with E-state index in [4.69, 9.17) is 4.98 Å². The van der Waals surface area contributed by atoms with Crippen LogP contribution in [0.4, 0.5) is 17.3 Å². The van der Waals surface area contributed by atoms with E-state index in [2.05, 4.69) is 38.2 Å². The molecule has 0 bridgehead atoms. The third kappa shape index (κ3) is 4.22. The highest BCUT2D eigenvalue weighted by atomic mass is 16.2. The van der Waals surface area contributed by atoms with Gasteiger partial charge >= 0.3 is 0 Å². The minimum Gasteiger partial charge on any atom is -0.368 e. The number of anilines is 3. The summed E-state index contributed by atoms with van der Waals surface area (Å²) >= 11 is 0. The van der Waals surface area contributed by atoms with E-state index in [9.17, 15) is 9.59 Å². The van der Waals surface area contributed by atoms with Crippen LogP contribution in [0.1, 0.15) is 12.5 Å². The van der Waals surface area contributed by atoms with E-state index in [0.717, 1.165) is 54.0 Å². The zero-order valence-corrected chi connectivity index (χ0v) is 22.7. The Morgan fingerprint density at radius 2 is 1.71 bits per heavy atom. The summed E-state index contributed by atoms with van der Waals surface area (Å²) in [5, 5.41) is 4.40. The van der Waals surface area contributed by atoms with Crippen molar-refractivity contribution in [3.63, 3.8) is 0 Å². The molecule has 1 aliphatic rings. The zero-order valence-electron chi connectivity index (χ0n) is 22.7. The molecule has 6 aromatic rings. The summed E-state index contributed by atoms with van der Waals surface area (Å²) < 4.78 is 3.31. The monoisotopic (exact) mass is 545 g/mol. The molecule has 0 atom stereocenters. The van der Waals surface area contributed by atoms with Gasteiger partial charge in [0.05, 0.1) is 5.52 Å². The van der Waals surface area contributed by atoms with Gasteiger partial charge in [0.2, 0.25) is 11.9 Å². The molecule has 1 amide bonds. The van der Waals surface area contributed by atoms with Crippen LogP contribution in [-0.4, -0.2) is 66.1 Å². The van der Waals surface area contributed by atoms with Crippen LogP contribution in [0.3, 0.4) is 0 Å². The molecule has 7 rings (SSSR count). The van der Waals surface area contributed by atoms with Crippen LogP contribution in [0.2, 0.25) is 0 Å². The number of rotatable bonds is 4. The van der Waals surface area contributed by atoms with E-state index in [-0.39, 0.29) is 11.5 Å². The fourth-order valence-corrected chi connectivity index (χ4v) is 5.53. The number of amides is 1. The van der Waals surface area contributed by atoms with Crippen LogP contribution in [-0.2, 0) is 4.79 Å². The van der Waals surface area contributed by atoms with Crippen LogP contribution < -0.4 is 15.8 Å². The highest BCUT2D eigenvalue weighted by Gasteiger charge is 2.21. The molecule has 11 heteroatoms. The Kier molecular flexibility index (Phi) is 5.84. The van der Waals surface area contributed by atoms with Crippen molar-refractivity contribution < 1.29 is 4.79 Å². The Morgan fingerprint density at radius 1 is 0.902 bits per heavy atom. The van der Waals surface area contributed by atoms with Gasteiger partial charge in [0.15, 0.2) is 17.1 Å². The molecule has 0 radical (unpaired) electrons. The van der Waals surface area contributed by atoms with Gasteiger partial charge in [-0.15, -0.1) is 0 Å². The Balaban J connectivity index is 1.24. The second-order valence-electron chi connectivity index (χ2n) is 10.1. The number of pyridine rings is 1. The van der Waals surface area contributed by atoms with Gasteiger partial charge in [0, 0.05) is 62.3 Å². The number of aromatic nitrogens is 6. The molecular weight excluding hydrogens is 518 g/mol. The second kappa shape index (κ2) is 9.70. The predicted molar refractivity (Wildman–Crippen MR) is 158 cm³/mol. The molecule has 0 saturated carbocycles. The van der Waals surface area contributed by atoms with Crippen LogP contribution in [0, 0.1) is 6.92 Å². The van der Waals surface area contributed by atoms with Crippen LogP contribution in [0.5, 0.6) is 0 Å². The minimum atomic E-state index is -0.275. The fraction of sp³-hybridized carbons (Fsp3) is 0.200. The van der Waals surface area contributed by atoms with Crippen molar-refractivity contribution in [2.24, 2.45) is 0 Å². The fourth-order valence-electron chi connectivity index (χ4n) is 5.53. The molecule has 1 fully saturated rings. The number of aryl methyl sites for hydroxylation is 1. The second-order valence-corrected chi connectivity index (χ2v) is 10.1. The molecule has 1 N–H and O–H groups in total. The molecule has 0 spiro atoms. The van der Waals surface area contributed by atoms with Crippen molar-refractivity contribution in [3.8, 4) is 5.82 Å². The van der Waals surface area contributed by atoms with E-state index < -0.39 is 0 Å². The molecule has 1 saturated heterocycles. The van der Waals surface area contributed by atoms with E-state index in [1.165, 1.54) is 10.7 Å². The van der Waals surface area contributed by atoms with E-state index in [0.29, 0.717) is 28.4 Å².